The lowest BCUT2D eigenvalue weighted by molar-refractivity contribution is 0.620. The highest BCUT2D eigenvalue weighted by atomic mass is 16.3. The van der Waals surface area contributed by atoms with Crippen molar-refractivity contribution in [1.29, 1.82) is 0 Å². The third-order valence-electron chi connectivity index (χ3n) is 9.08. The van der Waals surface area contributed by atoms with Crippen LogP contribution in [-0.2, 0) is 0 Å². The Labute approximate surface area is 258 Å². The summed E-state index contributed by atoms with van der Waals surface area (Å²) in [7, 11) is 0. The second-order valence-electron chi connectivity index (χ2n) is 11.7. The average Bonchev–Trinajstić information content (AvgIpc) is 3.77. The first-order valence-corrected chi connectivity index (χ1v) is 15.2. The fraction of sp³-hybridized carbons (Fsp3) is 0. The number of para-hydroxylation sites is 4. The molecule has 0 aliphatic carbocycles. The normalized spacial score (nSPS) is 12.0. The van der Waals surface area contributed by atoms with Gasteiger partial charge in [0.15, 0.2) is 5.58 Å². The van der Waals surface area contributed by atoms with E-state index in [2.05, 4.69) is 161 Å². The van der Waals surface area contributed by atoms with Crippen molar-refractivity contribution in [3.05, 3.63) is 152 Å². The molecule has 4 nitrogen and oxygen atoms in total. The molecule has 10 aromatic rings. The Morgan fingerprint density at radius 1 is 0.422 bits per heavy atom. The van der Waals surface area contributed by atoms with Crippen LogP contribution in [0.25, 0.3) is 88.3 Å². The third kappa shape index (κ3) is 3.57. The zero-order chi connectivity index (χ0) is 29.5. The van der Waals surface area contributed by atoms with Gasteiger partial charge in [-0.25, -0.2) is 4.98 Å². The van der Waals surface area contributed by atoms with Crippen molar-refractivity contribution in [2.75, 3.05) is 0 Å². The Kier molecular flexibility index (Phi) is 4.96. The molecule has 0 saturated carbocycles. The van der Waals surface area contributed by atoms with E-state index in [4.69, 9.17) is 9.40 Å². The van der Waals surface area contributed by atoms with E-state index in [1.54, 1.807) is 0 Å². The molecule has 10 rings (SSSR count). The Hall–Kier alpha value is -6.13. The van der Waals surface area contributed by atoms with Crippen molar-refractivity contribution in [3.8, 4) is 22.8 Å². The SMILES string of the molecule is c1ccc2cc3oc(-c4cc(-n5c6ccccc6c6ccccc65)cc(-n5c6ccccc6c6ccccc65)c4)nc3cc2c1. The third-order valence-corrected chi connectivity index (χ3v) is 9.08. The van der Waals surface area contributed by atoms with Crippen LogP contribution in [0.2, 0.25) is 0 Å². The lowest BCUT2D eigenvalue weighted by atomic mass is 10.1. The first-order chi connectivity index (χ1) is 22.3. The fourth-order valence-corrected chi connectivity index (χ4v) is 7.11. The molecule has 0 N–H and O–H groups in total. The summed E-state index contributed by atoms with van der Waals surface area (Å²) in [6, 6.07) is 53.8. The number of aromatic nitrogens is 3. The summed E-state index contributed by atoms with van der Waals surface area (Å²) in [5.41, 5.74) is 9.30. The zero-order valence-corrected chi connectivity index (χ0v) is 24.2. The Balaban J connectivity index is 1.31. The predicted octanol–water partition coefficient (Wildman–Crippen LogP) is 10.8. The molecular formula is C41H25N3O. The number of hydrogen-bond acceptors (Lipinski definition) is 2. The van der Waals surface area contributed by atoms with Gasteiger partial charge in [-0.1, -0.05) is 97.1 Å². The first kappa shape index (κ1) is 24.3. The van der Waals surface area contributed by atoms with E-state index in [1.165, 1.54) is 21.5 Å². The molecule has 0 spiro atoms. The molecule has 0 bridgehead atoms. The zero-order valence-electron chi connectivity index (χ0n) is 24.2. The molecule has 0 amide bonds. The Bertz CT molecular complexity index is 2490. The van der Waals surface area contributed by atoms with Crippen LogP contribution in [0.1, 0.15) is 0 Å². The lowest BCUT2D eigenvalue weighted by Gasteiger charge is -2.14. The maximum atomic E-state index is 6.53. The highest BCUT2D eigenvalue weighted by Crippen LogP contribution is 2.38. The molecule has 0 fully saturated rings. The van der Waals surface area contributed by atoms with Gasteiger partial charge in [0.25, 0.3) is 0 Å². The highest BCUT2D eigenvalue weighted by molar-refractivity contribution is 6.10. The van der Waals surface area contributed by atoms with E-state index in [9.17, 15) is 0 Å². The maximum absolute atomic E-state index is 6.53. The van der Waals surface area contributed by atoms with Crippen molar-refractivity contribution in [3.63, 3.8) is 0 Å². The van der Waals surface area contributed by atoms with Gasteiger partial charge in [-0.3, -0.25) is 0 Å². The van der Waals surface area contributed by atoms with Gasteiger partial charge in [0.2, 0.25) is 5.89 Å². The molecule has 0 saturated heterocycles. The number of rotatable bonds is 3. The van der Waals surface area contributed by atoms with Gasteiger partial charge in [0.1, 0.15) is 5.52 Å². The number of fused-ring (bicyclic) bond motifs is 8. The van der Waals surface area contributed by atoms with Crippen LogP contribution in [-0.4, -0.2) is 14.1 Å². The monoisotopic (exact) mass is 575 g/mol. The summed E-state index contributed by atoms with van der Waals surface area (Å²) >= 11 is 0. The molecule has 210 valence electrons. The summed E-state index contributed by atoms with van der Waals surface area (Å²) in [4.78, 5) is 5.04. The topological polar surface area (TPSA) is 35.9 Å². The van der Waals surface area contributed by atoms with E-state index in [1.807, 2.05) is 0 Å². The minimum Gasteiger partial charge on any atom is -0.436 e. The van der Waals surface area contributed by atoms with Crippen molar-refractivity contribution in [2.24, 2.45) is 0 Å². The minimum absolute atomic E-state index is 0.602. The van der Waals surface area contributed by atoms with Gasteiger partial charge in [-0.2, -0.15) is 0 Å². The lowest BCUT2D eigenvalue weighted by Crippen LogP contribution is -2.00. The second-order valence-corrected chi connectivity index (χ2v) is 11.7. The molecule has 4 heteroatoms. The molecule has 0 radical (unpaired) electrons. The average molecular weight is 576 g/mol. The summed E-state index contributed by atoms with van der Waals surface area (Å²) in [6.45, 7) is 0. The number of hydrogen-bond donors (Lipinski definition) is 0. The molecule has 3 aromatic heterocycles. The largest absolute Gasteiger partial charge is 0.436 e. The van der Waals surface area contributed by atoms with E-state index in [0.29, 0.717) is 5.89 Å². The number of benzene rings is 7. The number of oxazole rings is 1. The summed E-state index contributed by atoms with van der Waals surface area (Å²) in [5.74, 6) is 0.602. The van der Waals surface area contributed by atoms with Crippen LogP contribution in [0.3, 0.4) is 0 Å². The van der Waals surface area contributed by atoms with Gasteiger partial charge in [0.05, 0.1) is 22.1 Å². The van der Waals surface area contributed by atoms with Crippen molar-refractivity contribution in [1.82, 2.24) is 14.1 Å². The second kappa shape index (κ2) is 9.18. The van der Waals surface area contributed by atoms with Crippen molar-refractivity contribution >= 4 is 65.5 Å². The Morgan fingerprint density at radius 2 is 0.844 bits per heavy atom. The first-order valence-electron chi connectivity index (χ1n) is 15.2. The molecule has 0 aliphatic rings. The van der Waals surface area contributed by atoms with Crippen LogP contribution >= 0.6 is 0 Å². The maximum Gasteiger partial charge on any atom is 0.227 e. The van der Waals surface area contributed by atoms with E-state index < -0.39 is 0 Å². The summed E-state index contributed by atoms with van der Waals surface area (Å²) < 4.78 is 11.3. The fourth-order valence-electron chi connectivity index (χ4n) is 7.11. The van der Waals surface area contributed by atoms with Gasteiger partial charge in [-0.05, 0) is 65.4 Å². The van der Waals surface area contributed by atoms with Crippen molar-refractivity contribution < 1.29 is 4.42 Å². The number of nitrogens with zero attached hydrogens (tertiary/aromatic N) is 3. The van der Waals surface area contributed by atoms with Crippen LogP contribution in [0, 0.1) is 0 Å². The van der Waals surface area contributed by atoms with Crippen molar-refractivity contribution in [2.45, 2.75) is 0 Å². The van der Waals surface area contributed by atoms with Gasteiger partial charge >= 0.3 is 0 Å². The Morgan fingerprint density at radius 3 is 1.33 bits per heavy atom. The quantitative estimate of drug-likeness (QED) is 0.210. The van der Waals surface area contributed by atoms with Gasteiger partial charge in [-0.15, -0.1) is 0 Å². The van der Waals surface area contributed by atoms with Crippen LogP contribution in [0.15, 0.2) is 156 Å². The summed E-state index contributed by atoms with van der Waals surface area (Å²) in [6.07, 6.45) is 0. The highest BCUT2D eigenvalue weighted by Gasteiger charge is 2.19. The summed E-state index contributed by atoms with van der Waals surface area (Å²) in [5, 5.41) is 7.19. The molecule has 0 unspecified atom stereocenters. The van der Waals surface area contributed by atoms with Crippen LogP contribution in [0.5, 0.6) is 0 Å². The molecule has 45 heavy (non-hydrogen) atoms. The van der Waals surface area contributed by atoms with Crippen LogP contribution < -0.4 is 0 Å². The molecule has 0 atom stereocenters. The van der Waals surface area contributed by atoms with Gasteiger partial charge < -0.3 is 13.6 Å². The van der Waals surface area contributed by atoms with Gasteiger partial charge in [0, 0.05) is 38.5 Å². The standard InChI is InChI=1S/C41H25N3O/c1-2-12-27-24-40-35(23-26(27)11-1)42-41(45-40)28-21-29(43-36-17-7-3-13-31(36)32-14-4-8-18-37(32)43)25-30(22-28)44-38-19-9-5-15-33(38)34-16-6-10-20-39(34)44/h1-25H. The molecule has 0 aliphatic heterocycles. The smallest absolute Gasteiger partial charge is 0.227 e. The predicted molar refractivity (Wildman–Crippen MR) is 186 cm³/mol. The molecular weight excluding hydrogens is 550 g/mol. The molecule has 3 heterocycles. The van der Waals surface area contributed by atoms with Crippen LogP contribution in [0.4, 0.5) is 0 Å². The molecule has 7 aromatic carbocycles. The van der Waals surface area contributed by atoms with E-state index in [0.717, 1.165) is 60.9 Å². The van der Waals surface area contributed by atoms with E-state index in [-0.39, 0.29) is 0 Å². The minimum atomic E-state index is 0.602. The van der Waals surface area contributed by atoms with E-state index >= 15 is 0 Å².